The second-order valence-electron chi connectivity index (χ2n) is 9.49. The number of H-pyrrole nitrogens is 1. The molecule has 4 N–H and O–H groups in total. The number of aromatic amines is 1. The molecule has 1 saturated carbocycles. The van der Waals surface area contributed by atoms with E-state index in [4.69, 9.17) is 15.1 Å². The van der Waals surface area contributed by atoms with Gasteiger partial charge in [0.25, 0.3) is 10.1 Å². The molecule has 0 bridgehead atoms. The Morgan fingerprint density at radius 2 is 1.83 bits per heavy atom. The third-order valence-electron chi connectivity index (χ3n) is 6.59. The van der Waals surface area contributed by atoms with E-state index in [1.165, 1.54) is 30.6 Å². The number of imidazole rings is 1. The van der Waals surface area contributed by atoms with Gasteiger partial charge in [-0.25, -0.2) is 25.2 Å². The van der Waals surface area contributed by atoms with E-state index in [-0.39, 0.29) is 35.6 Å². The van der Waals surface area contributed by atoms with Gasteiger partial charge in [0, 0.05) is 23.9 Å². The molecule has 41 heavy (non-hydrogen) atoms. The average molecular weight is 595 g/mol. The molecule has 2 aromatic carbocycles. The van der Waals surface area contributed by atoms with Gasteiger partial charge >= 0.3 is 12.2 Å². The van der Waals surface area contributed by atoms with Crippen LogP contribution in [0.2, 0.25) is 0 Å². The van der Waals surface area contributed by atoms with Crippen LogP contribution in [-0.4, -0.2) is 62.2 Å². The standard InChI is InChI=1S/C25H22F4N6O5S/c26-19-9-13(1-3-18(19)22-33-20-4-2-16(25(27,28)29)10-21(20)34-22)15-11-31-24(32-12-15)40-17-7-14(8-17)23(36)35(30)5-6-41(37,38)39/h1-4,9-12,14,17H,5-8,30H2,(H,33,34)(H,37,38,39). The monoisotopic (exact) mass is 594 g/mol. The Morgan fingerprint density at radius 3 is 2.46 bits per heavy atom. The van der Waals surface area contributed by atoms with Gasteiger partial charge in [0.2, 0.25) is 5.91 Å². The van der Waals surface area contributed by atoms with Gasteiger partial charge in [-0.05, 0) is 48.7 Å². The minimum absolute atomic E-state index is 0.0400. The first kappa shape index (κ1) is 28.4. The second-order valence-corrected chi connectivity index (χ2v) is 11.1. The number of benzene rings is 2. The first-order valence-electron chi connectivity index (χ1n) is 12.1. The minimum atomic E-state index is -4.52. The molecule has 4 aromatic rings. The molecule has 1 aliphatic carbocycles. The quantitative estimate of drug-likeness (QED) is 0.0909. The van der Waals surface area contributed by atoms with Gasteiger partial charge in [0.05, 0.1) is 34.5 Å². The van der Waals surface area contributed by atoms with Crippen LogP contribution < -0.4 is 10.6 Å². The molecule has 0 radical (unpaired) electrons. The topological polar surface area (TPSA) is 164 Å². The molecule has 16 heteroatoms. The zero-order valence-electron chi connectivity index (χ0n) is 21.0. The number of fused-ring (bicyclic) bond motifs is 1. The number of hydrogen-bond acceptors (Lipinski definition) is 8. The molecule has 11 nitrogen and oxygen atoms in total. The van der Waals surface area contributed by atoms with Gasteiger partial charge in [-0.15, -0.1) is 0 Å². The third-order valence-corrected chi connectivity index (χ3v) is 7.28. The molecule has 5 rings (SSSR count). The van der Waals surface area contributed by atoms with E-state index in [0.717, 1.165) is 17.1 Å². The predicted octanol–water partition coefficient (Wildman–Crippen LogP) is 3.59. The summed E-state index contributed by atoms with van der Waals surface area (Å²) in [5.74, 6) is 3.39. The lowest BCUT2D eigenvalue weighted by Gasteiger charge is -2.35. The number of rotatable bonds is 8. The van der Waals surface area contributed by atoms with Gasteiger partial charge in [-0.3, -0.25) is 14.4 Å². The van der Waals surface area contributed by atoms with Gasteiger partial charge in [0.15, 0.2) is 0 Å². The Morgan fingerprint density at radius 1 is 1.12 bits per heavy atom. The largest absolute Gasteiger partial charge is 0.460 e. The fraction of sp³-hybridized carbons (Fsp3) is 0.280. The molecule has 2 heterocycles. The molecule has 0 atom stereocenters. The SMILES string of the molecule is NN(CCS(=O)(=O)O)C(=O)C1CC(Oc2ncc(-c3ccc(-c4nc5cc(C(F)(F)F)ccc5[nH]4)c(F)c3)cn2)C1. The van der Waals surface area contributed by atoms with Crippen molar-refractivity contribution >= 4 is 27.1 Å². The zero-order valence-corrected chi connectivity index (χ0v) is 21.8. The summed E-state index contributed by atoms with van der Waals surface area (Å²) in [6, 6.07) is 7.36. The summed E-state index contributed by atoms with van der Waals surface area (Å²) in [6.07, 6.45) is -1.41. The van der Waals surface area contributed by atoms with Crippen molar-refractivity contribution in [3.63, 3.8) is 0 Å². The van der Waals surface area contributed by atoms with Gasteiger partial charge in [-0.2, -0.15) is 21.6 Å². The Kier molecular flexibility index (Phi) is 7.39. The molecule has 0 aliphatic heterocycles. The van der Waals surface area contributed by atoms with Crippen LogP contribution in [0.25, 0.3) is 33.5 Å². The number of carbonyl (C=O) groups is 1. The van der Waals surface area contributed by atoms with Crippen LogP contribution in [0.1, 0.15) is 18.4 Å². The molecule has 1 amide bonds. The van der Waals surface area contributed by atoms with Crippen LogP contribution >= 0.6 is 0 Å². The summed E-state index contributed by atoms with van der Waals surface area (Å²) in [7, 11) is -4.24. The average Bonchev–Trinajstić information content (AvgIpc) is 3.31. The maximum absolute atomic E-state index is 15.0. The predicted molar refractivity (Wildman–Crippen MR) is 137 cm³/mol. The Hall–Kier alpha value is -4.15. The molecule has 1 fully saturated rings. The highest BCUT2D eigenvalue weighted by Gasteiger charge is 2.38. The van der Waals surface area contributed by atoms with E-state index in [2.05, 4.69) is 19.9 Å². The normalized spacial score (nSPS) is 17.3. The highest BCUT2D eigenvalue weighted by molar-refractivity contribution is 7.85. The van der Waals surface area contributed by atoms with E-state index < -0.39 is 45.3 Å². The van der Waals surface area contributed by atoms with Crippen LogP contribution in [0.3, 0.4) is 0 Å². The van der Waals surface area contributed by atoms with Gasteiger partial charge < -0.3 is 9.72 Å². The third kappa shape index (κ3) is 6.44. The van der Waals surface area contributed by atoms with Crippen LogP contribution in [0, 0.1) is 11.7 Å². The Balaban J connectivity index is 1.20. The summed E-state index contributed by atoms with van der Waals surface area (Å²) in [5, 5.41) is 0.752. The molecule has 0 saturated heterocycles. The lowest BCUT2D eigenvalue weighted by atomic mass is 9.81. The second kappa shape index (κ2) is 10.7. The summed E-state index contributed by atoms with van der Waals surface area (Å²) < 4.78 is 90.0. The van der Waals surface area contributed by atoms with Crippen LogP contribution in [0.5, 0.6) is 6.01 Å². The van der Waals surface area contributed by atoms with E-state index >= 15 is 4.39 Å². The number of ether oxygens (including phenoxy) is 1. The van der Waals surface area contributed by atoms with Crippen molar-refractivity contribution in [2.24, 2.45) is 11.8 Å². The van der Waals surface area contributed by atoms with Crippen molar-refractivity contribution in [3.05, 3.63) is 60.2 Å². The molecule has 2 aromatic heterocycles. The van der Waals surface area contributed by atoms with Crippen molar-refractivity contribution in [1.29, 1.82) is 0 Å². The zero-order chi connectivity index (χ0) is 29.5. The summed E-state index contributed by atoms with van der Waals surface area (Å²) in [4.78, 5) is 27.4. The maximum Gasteiger partial charge on any atom is 0.416 e. The highest BCUT2D eigenvalue weighted by Crippen LogP contribution is 2.34. The van der Waals surface area contributed by atoms with Crippen molar-refractivity contribution in [2.45, 2.75) is 25.1 Å². The molecule has 1 aliphatic rings. The van der Waals surface area contributed by atoms with Gasteiger partial charge in [-0.1, -0.05) is 6.07 Å². The van der Waals surface area contributed by atoms with Crippen molar-refractivity contribution in [2.75, 3.05) is 12.3 Å². The smallest absolute Gasteiger partial charge is 0.416 e. The number of nitrogens with zero attached hydrogens (tertiary/aromatic N) is 4. The minimum Gasteiger partial charge on any atom is -0.460 e. The van der Waals surface area contributed by atoms with Crippen LogP contribution in [0.15, 0.2) is 48.8 Å². The maximum atomic E-state index is 15.0. The number of nitrogens with two attached hydrogens (primary N) is 1. The number of carbonyl (C=O) groups excluding carboxylic acids is 1. The molecule has 216 valence electrons. The summed E-state index contributed by atoms with van der Waals surface area (Å²) in [6.45, 7) is -0.340. The Labute approximate surface area is 230 Å². The first-order chi connectivity index (χ1) is 19.3. The number of nitrogens with one attached hydrogen (secondary N) is 1. The van der Waals surface area contributed by atoms with Crippen molar-refractivity contribution in [1.82, 2.24) is 24.9 Å². The lowest BCUT2D eigenvalue weighted by Crippen LogP contribution is -2.49. The van der Waals surface area contributed by atoms with E-state index in [0.29, 0.717) is 29.5 Å². The van der Waals surface area contributed by atoms with Crippen molar-refractivity contribution < 1.29 is 40.1 Å². The lowest BCUT2D eigenvalue weighted by molar-refractivity contribution is -0.141. The number of hydrogen-bond donors (Lipinski definition) is 3. The van der Waals surface area contributed by atoms with Gasteiger partial charge in [0.1, 0.15) is 17.7 Å². The van der Waals surface area contributed by atoms with E-state index in [1.807, 2.05) is 0 Å². The number of halogens is 4. The molecule has 0 spiro atoms. The van der Waals surface area contributed by atoms with Crippen LogP contribution in [0.4, 0.5) is 17.6 Å². The number of hydrazine groups is 1. The van der Waals surface area contributed by atoms with Crippen molar-refractivity contribution in [3.8, 4) is 28.5 Å². The number of aromatic nitrogens is 4. The molecule has 0 unspecified atom stereocenters. The van der Waals surface area contributed by atoms with Crippen LogP contribution in [-0.2, 0) is 21.1 Å². The molecular formula is C25H22F4N6O5S. The fourth-order valence-corrected chi connectivity index (χ4v) is 4.72. The fourth-order valence-electron chi connectivity index (χ4n) is 4.29. The van der Waals surface area contributed by atoms with E-state index in [1.54, 1.807) is 6.07 Å². The number of amides is 1. The highest BCUT2D eigenvalue weighted by atomic mass is 32.2. The summed E-state index contributed by atoms with van der Waals surface area (Å²) >= 11 is 0. The van der Waals surface area contributed by atoms with E-state index in [9.17, 15) is 26.4 Å². The Bertz CT molecular complexity index is 1710. The first-order valence-corrected chi connectivity index (χ1v) is 13.7. The molecular weight excluding hydrogens is 572 g/mol. The summed E-state index contributed by atoms with van der Waals surface area (Å²) in [5.41, 5.74) is 0.523. The number of alkyl halides is 3.